The van der Waals surface area contributed by atoms with Crippen LogP contribution in [0.1, 0.15) is 31.9 Å². The maximum Gasteiger partial charge on any atom is 0.115 e. The van der Waals surface area contributed by atoms with Gasteiger partial charge in [0.15, 0.2) is 0 Å². The normalized spacial score (nSPS) is 14.0. The van der Waals surface area contributed by atoms with Gasteiger partial charge in [0.05, 0.1) is 6.61 Å². The molecule has 0 unspecified atom stereocenters. The van der Waals surface area contributed by atoms with Gasteiger partial charge < -0.3 is 9.64 Å². The fourth-order valence-electron chi connectivity index (χ4n) is 2.78. The first-order valence-corrected chi connectivity index (χ1v) is 8.65. The third-order valence-electron chi connectivity index (χ3n) is 4.41. The van der Waals surface area contributed by atoms with Gasteiger partial charge in [0.25, 0.3) is 0 Å². The lowest BCUT2D eigenvalue weighted by Crippen LogP contribution is -2.33. The summed E-state index contributed by atoms with van der Waals surface area (Å²) in [7, 11) is 0. The molecular weight excluding hydrogens is 306 g/mol. The summed E-state index contributed by atoms with van der Waals surface area (Å²) in [5, 5.41) is 0.743. The molecule has 0 aliphatic rings. The summed E-state index contributed by atoms with van der Waals surface area (Å²) in [6.45, 7) is 10.2. The Balaban J connectivity index is 2.23. The van der Waals surface area contributed by atoms with Crippen molar-refractivity contribution in [1.82, 2.24) is 4.90 Å². The van der Waals surface area contributed by atoms with E-state index in [2.05, 4.69) is 49.9 Å². The van der Waals surface area contributed by atoms with Crippen molar-refractivity contribution in [2.24, 2.45) is 0 Å². The van der Waals surface area contributed by atoms with Gasteiger partial charge in [-0.15, -0.1) is 0 Å². The first-order chi connectivity index (χ1) is 11.1. The summed E-state index contributed by atoms with van der Waals surface area (Å²) in [6, 6.07) is 18.3. The minimum Gasteiger partial charge on any atom is -0.365 e. The van der Waals surface area contributed by atoms with E-state index in [0.29, 0.717) is 6.61 Å². The molecule has 0 fully saturated rings. The first kappa shape index (κ1) is 18.0. The predicted octanol–water partition coefficient (Wildman–Crippen LogP) is 4.96. The van der Waals surface area contributed by atoms with Crippen LogP contribution < -0.4 is 0 Å². The van der Waals surface area contributed by atoms with Gasteiger partial charge in [-0.25, -0.2) is 0 Å². The molecule has 2 rings (SSSR count). The molecule has 2 nitrogen and oxygen atoms in total. The predicted molar refractivity (Wildman–Crippen MR) is 98.1 cm³/mol. The molecule has 0 saturated heterocycles. The highest BCUT2D eigenvalue weighted by molar-refractivity contribution is 6.30. The second kappa shape index (κ2) is 8.49. The molecule has 0 amide bonds. The number of rotatable bonds is 8. The standard InChI is InChI=1S/C20H26ClNO/c1-4-22(5-2)15-16-23-20(3,17-9-7-6-8-10-17)18-11-13-19(21)14-12-18/h6-14H,4-5,15-16H2,1-3H3/t20-/m0/s1. The number of hydrogen-bond acceptors (Lipinski definition) is 2. The zero-order valence-electron chi connectivity index (χ0n) is 14.3. The molecule has 23 heavy (non-hydrogen) atoms. The molecule has 0 bridgehead atoms. The minimum atomic E-state index is -0.473. The molecule has 0 aliphatic heterocycles. The Kier molecular flexibility index (Phi) is 6.64. The van der Waals surface area contributed by atoms with E-state index in [1.54, 1.807) is 0 Å². The lowest BCUT2D eigenvalue weighted by atomic mass is 9.88. The smallest absolute Gasteiger partial charge is 0.115 e. The van der Waals surface area contributed by atoms with E-state index in [1.807, 2.05) is 30.3 Å². The average molecular weight is 332 g/mol. The molecule has 1 atom stereocenters. The maximum atomic E-state index is 6.39. The molecule has 0 saturated carbocycles. The summed E-state index contributed by atoms with van der Waals surface area (Å²) in [4.78, 5) is 2.37. The summed E-state index contributed by atoms with van der Waals surface area (Å²) >= 11 is 6.04. The summed E-state index contributed by atoms with van der Waals surface area (Å²) < 4.78 is 6.39. The Hall–Kier alpha value is -1.35. The number of nitrogens with zero attached hydrogens (tertiary/aromatic N) is 1. The van der Waals surface area contributed by atoms with E-state index in [1.165, 1.54) is 0 Å². The summed E-state index contributed by atoms with van der Waals surface area (Å²) in [6.07, 6.45) is 0. The second-order valence-corrected chi connectivity index (χ2v) is 6.22. The van der Waals surface area contributed by atoms with E-state index in [4.69, 9.17) is 16.3 Å². The highest BCUT2D eigenvalue weighted by atomic mass is 35.5. The molecular formula is C20H26ClNO. The van der Waals surface area contributed by atoms with E-state index in [0.717, 1.165) is 35.8 Å². The molecule has 0 radical (unpaired) electrons. The van der Waals surface area contributed by atoms with Gasteiger partial charge >= 0.3 is 0 Å². The lowest BCUT2D eigenvalue weighted by Gasteiger charge is -2.32. The number of benzene rings is 2. The zero-order valence-corrected chi connectivity index (χ0v) is 15.0. The Morgan fingerprint density at radius 3 is 2.04 bits per heavy atom. The molecule has 0 N–H and O–H groups in total. The number of ether oxygens (including phenoxy) is 1. The van der Waals surface area contributed by atoms with Crippen molar-refractivity contribution in [2.75, 3.05) is 26.2 Å². The SMILES string of the molecule is CCN(CC)CCO[C@@](C)(c1ccccc1)c1ccc(Cl)cc1. The first-order valence-electron chi connectivity index (χ1n) is 8.28. The number of likely N-dealkylation sites (N-methyl/N-ethyl adjacent to an activating group) is 1. The van der Waals surface area contributed by atoms with Crippen LogP contribution in [0.3, 0.4) is 0 Å². The number of halogens is 1. The lowest BCUT2D eigenvalue weighted by molar-refractivity contribution is -0.0135. The Bertz CT molecular complexity index is 580. The average Bonchev–Trinajstić information content (AvgIpc) is 2.60. The summed E-state index contributed by atoms with van der Waals surface area (Å²) in [5.74, 6) is 0. The van der Waals surface area contributed by atoms with Gasteiger partial charge in [0.1, 0.15) is 5.60 Å². The molecule has 2 aromatic rings. The van der Waals surface area contributed by atoms with Gasteiger partial charge in [-0.2, -0.15) is 0 Å². The van der Waals surface area contributed by atoms with Crippen LogP contribution in [0, 0.1) is 0 Å². The molecule has 0 aromatic heterocycles. The Morgan fingerprint density at radius 2 is 1.48 bits per heavy atom. The largest absolute Gasteiger partial charge is 0.365 e. The number of hydrogen-bond donors (Lipinski definition) is 0. The van der Waals surface area contributed by atoms with Crippen LogP contribution in [0.5, 0.6) is 0 Å². The van der Waals surface area contributed by atoms with Crippen LogP contribution in [-0.4, -0.2) is 31.1 Å². The van der Waals surface area contributed by atoms with Crippen LogP contribution in [0.15, 0.2) is 54.6 Å². The van der Waals surface area contributed by atoms with Gasteiger partial charge in [-0.05, 0) is 43.3 Å². The second-order valence-electron chi connectivity index (χ2n) is 5.78. The van der Waals surface area contributed by atoms with E-state index >= 15 is 0 Å². The van der Waals surface area contributed by atoms with Crippen molar-refractivity contribution in [3.8, 4) is 0 Å². The van der Waals surface area contributed by atoms with Gasteiger partial charge in [0, 0.05) is 11.6 Å². The monoisotopic (exact) mass is 331 g/mol. The third-order valence-corrected chi connectivity index (χ3v) is 4.66. The quantitative estimate of drug-likeness (QED) is 0.677. The van der Waals surface area contributed by atoms with Gasteiger partial charge in [0.2, 0.25) is 0 Å². The molecule has 3 heteroatoms. The molecule has 0 heterocycles. The fraction of sp³-hybridized carbons (Fsp3) is 0.400. The molecule has 0 aliphatic carbocycles. The highest BCUT2D eigenvalue weighted by Crippen LogP contribution is 2.33. The summed E-state index contributed by atoms with van der Waals surface area (Å²) in [5.41, 5.74) is 1.80. The van der Waals surface area contributed by atoms with E-state index in [-0.39, 0.29) is 0 Å². The van der Waals surface area contributed by atoms with Crippen molar-refractivity contribution in [3.05, 3.63) is 70.7 Å². The van der Waals surface area contributed by atoms with Crippen LogP contribution in [0.2, 0.25) is 5.02 Å². The van der Waals surface area contributed by atoms with Crippen molar-refractivity contribution >= 4 is 11.6 Å². The fourth-order valence-corrected chi connectivity index (χ4v) is 2.90. The van der Waals surface area contributed by atoms with Crippen LogP contribution in [0.25, 0.3) is 0 Å². The van der Waals surface area contributed by atoms with Crippen LogP contribution in [0.4, 0.5) is 0 Å². The van der Waals surface area contributed by atoms with Gasteiger partial charge in [-0.1, -0.05) is 67.9 Å². The Morgan fingerprint density at radius 1 is 0.913 bits per heavy atom. The van der Waals surface area contributed by atoms with Crippen molar-refractivity contribution in [2.45, 2.75) is 26.4 Å². The topological polar surface area (TPSA) is 12.5 Å². The van der Waals surface area contributed by atoms with Gasteiger partial charge in [-0.3, -0.25) is 0 Å². The molecule has 2 aromatic carbocycles. The van der Waals surface area contributed by atoms with Crippen LogP contribution >= 0.6 is 11.6 Å². The Labute approximate surface area is 145 Å². The van der Waals surface area contributed by atoms with Crippen molar-refractivity contribution in [3.63, 3.8) is 0 Å². The molecule has 124 valence electrons. The third kappa shape index (κ3) is 4.57. The van der Waals surface area contributed by atoms with E-state index < -0.39 is 5.60 Å². The van der Waals surface area contributed by atoms with Crippen molar-refractivity contribution in [1.29, 1.82) is 0 Å². The molecule has 0 spiro atoms. The van der Waals surface area contributed by atoms with Crippen molar-refractivity contribution < 1.29 is 4.74 Å². The van der Waals surface area contributed by atoms with Crippen LogP contribution in [-0.2, 0) is 10.3 Å². The maximum absolute atomic E-state index is 6.39. The van der Waals surface area contributed by atoms with E-state index in [9.17, 15) is 0 Å². The minimum absolute atomic E-state index is 0.473. The highest BCUT2D eigenvalue weighted by Gasteiger charge is 2.29. The zero-order chi connectivity index (χ0) is 16.7.